The molecule has 0 spiro atoms. The highest BCUT2D eigenvalue weighted by molar-refractivity contribution is 9.10. The van der Waals surface area contributed by atoms with Gasteiger partial charge in [0.2, 0.25) is 15.9 Å². The Morgan fingerprint density at radius 3 is 2.85 bits per heavy atom. The third kappa shape index (κ3) is 3.20. The normalized spacial score (nSPS) is 15.8. The van der Waals surface area contributed by atoms with Gasteiger partial charge in [-0.1, -0.05) is 6.92 Å². The summed E-state index contributed by atoms with van der Waals surface area (Å²) < 4.78 is 27.3. The van der Waals surface area contributed by atoms with Gasteiger partial charge in [-0.05, 0) is 39.5 Å². The minimum atomic E-state index is -3.68. The van der Waals surface area contributed by atoms with Gasteiger partial charge in [-0.3, -0.25) is 4.79 Å². The number of halogens is 1. The van der Waals surface area contributed by atoms with Gasteiger partial charge in [-0.25, -0.2) is 13.1 Å². The van der Waals surface area contributed by atoms with Crippen LogP contribution in [0.2, 0.25) is 0 Å². The van der Waals surface area contributed by atoms with Crippen molar-refractivity contribution in [1.29, 1.82) is 0 Å². The summed E-state index contributed by atoms with van der Waals surface area (Å²) in [6, 6.07) is 3.08. The zero-order valence-corrected chi connectivity index (χ0v) is 13.2. The molecule has 0 bridgehead atoms. The van der Waals surface area contributed by atoms with E-state index in [9.17, 15) is 13.2 Å². The van der Waals surface area contributed by atoms with E-state index in [1.54, 1.807) is 13.0 Å². The minimum Gasteiger partial charge on any atom is -0.396 e. The topological polar surface area (TPSA) is 95.5 Å². The predicted molar refractivity (Wildman–Crippen MR) is 77.9 cm³/mol. The summed E-state index contributed by atoms with van der Waals surface area (Å²) >= 11 is 3.21. The van der Waals surface area contributed by atoms with Crippen LogP contribution in [0.5, 0.6) is 0 Å². The molecule has 0 saturated carbocycles. The van der Waals surface area contributed by atoms with Crippen molar-refractivity contribution in [2.45, 2.75) is 18.2 Å². The Balaban J connectivity index is 2.29. The molecular formula is C12H15BrN2O4S. The number of hydrogen-bond donors (Lipinski definition) is 3. The highest BCUT2D eigenvalue weighted by Crippen LogP contribution is 2.32. The Morgan fingerprint density at radius 2 is 2.20 bits per heavy atom. The van der Waals surface area contributed by atoms with Crippen LogP contribution in [0.25, 0.3) is 0 Å². The fourth-order valence-electron chi connectivity index (χ4n) is 1.83. The molecule has 0 fully saturated rings. The summed E-state index contributed by atoms with van der Waals surface area (Å²) in [5.41, 5.74) is 1.29. The lowest BCUT2D eigenvalue weighted by Gasteiger charge is -2.12. The molecule has 2 rings (SSSR count). The molecule has 6 nitrogen and oxygen atoms in total. The molecule has 0 aromatic heterocycles. The Morgan fingerprint density at radius 1 is 1.50 bits per heavy atom. The van der Waals surface area contributed by atoms with E-state index >= 15 is 0 Å². The molecule has 1 amide bonds. The molecule has 20 heavy (non-hydrogen) atoms. The second kappa shape index (κ2) is 5.80. The van der Waals surface area contributed by atoms with E-state index in [2.05, 4.69) is 26.0 Å². The second-order valence-corrected chi connectivity index (χ2v) is 7.39. The largest absolute Gasteiger partial charge is 0.396 e. The van der Waals surface area contributed by atoms with Gasteiger partial charge in [0, 0.05) is 23.3 Å². The van der Waals surface area contributed by atoms with Gasteiger partial charge in [-0.2, -0.15) is 0 Å². The molecule has 0 aliphatic carbocycles. The first-order valence-electron chi connectivity index (χ1n) is 6.06. The van der Waals surface area contributed by atoms with Crippen LogP contribution in [0.1, 0.15) is 12.5 Å². The molecule has 1 aliphatic rings. The summed E-state index contributed by atoms with van der Waals surface area (Å²) in [5, 5.41) is 11.6. The average Bonchev–Trinajstić information content (AvgIpc) is 2.74. The van der Waals surface area contributed by atoms with Gasteiger partial charge in [-0.15, -0.1) is 0 Å². The van der Waals surface area contributed by atoms with Crippen LogP contribution in [0, 0.1) is 5.92 Å². The maximum atomic E-state index is 12.2. The molecule has 3 N–H and O–H groups in total. The van der Waals surface area contributed by atoms with Gasteiger partial charge in [0.15, 0.2) is 0 Å². The number of amides is 1. The van der Waals surface area contributed by atoms with Crippen LogP contribution in [-0.4, -0.2) is 32.6 Å². The number of carbonyl (C=O) groups is 1. The summed E-state index contributed by atoms with van der Waals surface area (Å²) in [4.78, 5) is 11.4. The van der Waals surface area contributed by atoms with Crippen LogP contribution in [0.15, 0.2) is 21.5 Å². The first-order chi connectivity index (χ1) is 9.33. The Labute approximate surface area is 125 Å². The molecule has 0 saturated heterocycles. The van der Waals surface area contributed by atoms with Crippen molar-refractivity contribution in [3.05, 3.63) is 22.2 Å². The van der Waals surface area contributed by atoms with E-state index in [1.165, 1.54) is 6.07 Å². The fourth-order valence-corrected chi connectivity index (χ4v) is 4.08. The maximum Gasteiger partial charge on any atom is 0.241 e. The number of rotatable bonds is 5. The molecule has 1 aromatic rings. The van der Waals surface area contributed by atoms with Gasteiger partial charge in [0.25, 0.3) is 0 Å². The van der Waals surface area contributed by atoms with E-state index in [4.69, 9.17) is 5.11 Å². The second-order valence-electron chi connectivity index (χ2n) is 4.80. The first-order valence-corrected chi connectivity index (χ1v) is 8.34. The number of fused-ring (bicyclic) bond motifs is 1. The van der Waals surface area contributed by atoms with Crippen molar-refractivity contribution in [1.82, 2.24) is 4.72 Å². The molecule has 0 radical (unpaired) electrons. The standard InChI is InChI=1S/C12H15BrN2O4S/c1-7(6-16)5-14-20(18,19)11-2-8-3-12(17)15-10(8)4-9(11)13/h2,4,7,14,16H,3,5-6H2,1H3,(H,15,17). The third-order valence-electron chi connectivity index (χ3n) is 3.01. The Kier molecular flexibility index (Phi) is 4.48. The molecule has 8 heteroatoms. The van der Waals surface area contributed by atoms with Gasteiger partial charge in [0.1, 0.15) is 0 Å². The number of aliphatic hydroxyl groups is 1. The van der Waals surface area contributed by atoms with E-state index in [0.717, 1.165) is 0 Å². The van der Waals surface area contributed by atoms with E-state index in [-0.39, 0.29) is 36.3 Å². The smallest absolute Gasteiger partial charge is 0.241 e. The van der Waals surface area contributed by atoms with Crippen molar-refractivity contribution in [3.8, 4) is 0 Å². The van der Waals surface area contributed by atoms with Crippen LogP contribution in [0.4, 0.5) is 5.69 Å². The molecule has 1 aliphatic heterocycles. The monoisotopic (exact) mass is 362 g/mol. The molecule has 1 unspecified atom stereocenters. The summed E-state index contributed by atoms with van der Waals surface area (Å²) in [7, 11) is -3.68. The Bertz CT molecular complexity index is 645. The van der Waals surface area contributed by atoms with Gasteiger partial charge in [0.05, 0.1) is 11.3 Å². The predicted octanol–water partition coefficient (Wildman–Crippen LogP) is 0.850. The van der Waals surface area contributed by atoms with E-state index < -0.39 is 10.0 Å². The number of nitrogens with one attached hydrogen (secondary N) is 2. The first kappa shape index (κ1) is 15.4. The lowest BCUT2D eigenvalue weighted by molar-refractivity contribution is -0.115. The van der Waals surface area contributed by atoms with Gasteiger partial charge >= 0.3 is 0 Å². The van der Waals surface area contributed by atoms with Crippen molar-refractivity contribution >= 4 is 37.5 Å². The Hall–Kier alpha value is -0.960. The summed E-state index contributed by atoms with van der Waals surface area (Å²) in [6.07, 6.45) is 0.179. The number of anilines is 1. The number of sulfonamides is 1. The highest BCUT2D eigenvalue weighted by atomic mass is 79.9. The van der Waals surface area contributed by atoms with Crippen LogP contribution >= 0.6 is 15.9 Å². The van der Waals surface area contributed by atoms with Crippen molar-refractivity contribution in [2.24, 2.45) is 5.92 Å². The zero-order chi connectivity index (χ0) is 14.9. The summed E-state index contributed by atoms with van der Waals surface area (Å²) in [6.45, 7) is 1.80. The van der Waals surface area contributed by atoms with Crippen LogP contribution < -0.4 is 10.0 Å². The molecule has 1 atom stereocenters. The van der Waals surface area contributed by atoms with E-state index in [1.807, 2.05) is 0 Å². The van der Waals surface area contributed by atoms with Crippen LogP contribution in [0.3, 0.4) is 0 Å². The minimum absolute atomic E-state index is 0.0910. The molecule has 1 heterocycles. The van der Waals surface area contributed by atoms with Crippen molar-refractivity contribution in [2.75, 3.05) is 18.5 Å². The fraction of sp³-hybridized carbons (Fsp3) is 0.417. The van der Waals surface area contributed by atoms with E-state index in [0.29, 0.717) is 15.7 Å². The number of hydrogen-bond acceptors (Lipinski definition) is 4. The molecule has 110 valence electrons. The molecule has 1 aromatic carbocycles. The lowest BCUT2D eigenvalue weighted by Crippen LogP contribution is -2.30. The van der Waals surface area contributed by atoms with Crippen molar-refractivity contribution in [3.63, 3.8) is 0 Å². The number of benzene rings is 1. The average molecular weight is 363 g/mol. The van der Waals surface area contributed by atoms with Crippen LogP contribution in [-0.2, 0) is 21.2 Å². The van der Waals surface area contributed by atoms with Gasteiger partial charge < -0.3 is 10.4 Å². The van der Waals surface area contributed by atoms with Crippen molar-refractivity contribution < 1.29 is 18.3 Å². The lowest BCUT2D eigenvalue weighted by atomic mass is 10.2. The zero-order valence-electron chi connectivity index (χ0n) is 10.8. The third-order valence-corrected chi connectivity index (χ3v) is 5.39. The SMILES string of the molecule is CC(CO)CNS(=O)(=O)c1cc2c(cc1Br)NC(=O)C2. The summed E-state index contributed by atoms with van der Waals surface area (Å²) in [5.74, 6) is -0.315. The molecular weight excluding hydrogens is 348 g/mol. The highest BCUT2D eigenvalue weighted by Gasteiger charge is 2.24. The number of aliphatic hydroxyl groups excluding tert-OH is 1. The number of carbonyl (C=O) groups excluding carboxylic acids is 1. The maximum absolute atomic E-state index is 12.2. The quantitative estimate of drug-likeness (QED) is 0.723.